The fraction of sp³-hybridized carbons (Fsp3) is 0.593. The van der Waals surface area contributed by atoms with Crippen molar-refractivity contribution in [1.29, 1.82) is 0 Å². The first-order chi connectivity index (χ1) is 16.5. The molecule has 35 heavy (non-hydrogen) atoms. The third-order valence-corrected chi connectivity index (χ3v) is 9.77. The number of fused-ring (bicyclic) bond motifs is 3. The lowest BCUT2D eigenvalue weighted by Crippen LogP contribution is -2.72. The average Bonchev–Trinajstić information content (AvgIpc) is 3.48. The maximum Gasteiger partial charge on any atom is 0.313 e. The molecule has 2 saturated carbocycles. The molecular weight excluding hydrogens is 452 g/mol. The number of carbonyl (C=O) groups is 1. The minimum absolute atomic E-state index is 0.243. The molecule has 186 valence electrons. The molecule has 0 aromatic heterocycles. The summed E-state index contributed by atoms with van der Waals surface area (Å²) in [6, 6.07) is 9.35. The summed E-state index contributed by atoms with van der Waals surface area (Å²) in [7, 11) is 0. The van der Waals surface area contributed by atoms with E-state index < -0.39 is 70.9 Å². The molecule has 3 saturated heterocycles. The molecule has 5 fully saturated rings. The number of epoxide rings is 1. The largest absolute Gasteiger partial charge is 0.393 e. The van der Waals surface area contributed by atoms with Gasteiger partial charge >= 0.3 is 5.97 Å². The minimum atomic E-state index is -2.22. The van der Waals surface area contributed by atoms with Crippen molar-refractivity contribution < 1.29 is 39.1 Å². The van der Waals surface area contributed by atoms with Crippen molar-refractivity contribution in [2.24, 2.45) is 17.8 Å². The number of ether oxygens (including phenoxy) is 4. The normalized spacial score (nSPS) is 55.0. The SMILES string of the molecule is C=C(C)[C@]12CC(C)C34O[C@@](c5ccccc5)(OC1C3[C@@H]1O[C@]1(CO)[C@@H](O)[C@]1(O)C(=O)C(C)=CC41)O2. The second-order valence-electron chi connectivity index (χ2n) is 11.4. The van der Waals surface area contributed by atoms with Crippen LogP contribution in [0.2, 0.25) is 0 Å². The van der Waals surface area contributed by atoms with Crippen molar-refractivity contribution in [3.63, 3.8) is 0 Å². The van der Waals surface area contributed by atoms with E-state index in [1.54, 1.807) is 13.0 Å². The van der Waals surface area contributed by atoms with E-state index in [9.17, 15) is 20.1 Å². The summed E-state index contributed by atoms with van der Waals surface area (Å²) in [6.07, 6.45) is -0.731. The van der Waals surface area contributed by atoms with E-state index in [1.165, 1.54) is 0 Å². The van der Waals surface area contributed by atoms with Gasteiger partial charge in [0.1, 0.15) is 29.5 Å². The van der Waals surface area contributed by atoms with Crippen LogP contribution in [0.25, 0.3) is 0 Å². The fourth-order valence-corrected chi connectivity index (χ4v) is 8.10. The summed E-state index contributed by atoms with van der Waals surface area (Å²) < 4.78 is 26.5. The topological polar surface area (TPSA) is 118 Å². The van der Waals surface area contributed by atoms with Gasteiger partial charge in [0.25, 0.3) is 0 Å². The lowest BCUT2D eigenvalue weighted by molar-refractivity contribution is -0.439. The molecule has 3 heterocycles. The molecule has 0 spiro atoms. The van der Waals surface area contributed by atoms with Crippen molar-refractivity contribution in [3.05, 3.63) is 59.7 Å². The van der Waals surface area contributed by atoms with Gasteiger partial charge in [-0.2, -0.15) is 0 Å². The molecule has 0 radical (unpaired) electrons. The summed E-state index contributed by atoms with van der Waals surface area (Å²) in [5, 5.41) is 34.0. The van der Waals surface area contributed by atoms with Gasteiger partial charge in [0.15, 0.2) is 11.4 Å². The van der Waals surface area contributed by atoms with Gasteiger partial charge in [-0.25, -0.2) is 0 Å². The molecule has 8 nitrogen and oxygen atoms in total. The van der Waals surface area contributed by atoms with E-state index in [4.69, 9.17) is 18.9 Å². The smallest absolute Gasteiger partial charge is 0.313 e. The second-order valence-corrected chi connectivity index (χ2v) is 11.4. The zero-order valence-electron chi connectivity index (χ0n) is 19.9. The van der Waals surface area contributed by atoms with Gasteiger partial charge in [-0.3, -0.25) is 4.79 Å². The number of aliphatic hydroxyl groups excluding tert-OH is 2. The van der Waals surface area contributed by atoms with Crippen LogP contribution in [-0.4, -0.2) is 68.4 Å². The van der Waals surface area contributed by atoms with Crippen LogP contribution in [0.1, 0.15) is 32.8 Å². The highest BCUT2D eigenvalue weighted by atomic mass is 16.9. The maximum atomic E-state index is 13.5. The quantitative estimate of drug-likeness (QED) is 0.436. The molecule has 1 aromatic carbocycles. The summed E-state index contributed by atoms with van der Waals surface area (Å²) in [6.45, 7) is 9.26. The Hall–Kier alpha value is -1.91. The number of benzene rings is 1. The van der Waals surface area contributed by atoms with Gasteiger partial charge in [0.05, 0.1) is 12.2 Å². The van der Waals surface area contributed by atoms with Crippen LogP contribution in [0.15, 0.2) is 54.1 Å². The van der Waals surface area contributed by atoms with Crippen LogP contribution in [0.3, 0.4) is 0 Å². The van der Waals surface area contributed by atoms with Gasteiger partial charge in [0.2, 0.25) is 0 Å². The second kappa shape index (κ2) is 6.31. The Bertz CT molecular complexity index is 1200. The van der Waals surface area contributed by atoms with Crippen molar-refractivity contribution in [1.82, 2.24) is 0 Å². The first-order valence-corrected chi connectivity index (χ1v) is 12.3. The zero-order chi connectivity index (χ0) is 24.8. The van der Waals surface area contributed by atoms with E-state index >= 15 is 0 Å². The van der Waals surface area contributed by atoms with Crippen molar-refractivity contribution in [2.45, 2.75) is 73.9 Å². The van der Waals surface area contributed by atoms with Gasteiger partial charge < -0.3 is 34.3 Å². The molecular formula is C27H30O8. The molecule has 3 N–H and O–H groups in total. The number of Topliss-reactive ketones (excluding diaryl/α,β-unsaturated/α-hetero) is 1. The average molecular weight is 483 g/mol. The van der Waals surface area contributed by atoms with Crippen molar-refractivity contribution in [3.8, 4) is 0 Å². The lowest BCUT2D eigenvalue weighted by atomic mass is 9.54. The van der Waals surface area contributed by atoms with E-state index in [0.29, 0.717) is 17.6 Å². The van der Waals surface area contributed by atoms with Crippen LogP contribution in [0.4, 0.5) is 0 Å². The Morgan fingerprint density at radius 3 is 2.54 bits per heavy atom. The third kappa shape index (κ3) is 2.16. The van der Waals surface area contributed by atoms with Gasteiger partial charge in [-0.1, -0.05) is 49.9 Å². The maximum absolute atomic E-state index is 13.5. The predicted octanol–water partition coefficient (Wildman–Crippen LogP) is 1.33. The molecule has 0 amide bonds. The Kier molecular flexibility index (Phi) is 4.02. The fourth-order valence-electron chi connectivity index (χ4n) is 8.10. The summed E-state index contributed by atoms with van der Waals surface area (Å²) in [5.41, 5.74) is -4.05. The van der Waals surface area contributed by atoms with E-state index in [0.717, 1.165) is 5.57 Å². The summed E-state index contributed by atoms with van der Waals surface area (Å²) >= 11 is 0. The summed E-state index contributed by atoms with van der Waals surface area (Å²) in [5.74, 6) is -3.85. The number of rotatable bonds is 3. The minimum Gasteiger partial charge on any atom is -0.393 e. The molecule has 5 unspecified atom stereocenters. The Balaban J connectivity index is 1.53. The molecule has 6 aliphatic rings. The van der Waals surface area contributed by atoms with E-state index in [-0.39, 0.29) is 5.92 Å². The van der Waals surface area contributed by atoms with Crippen molar-refractivity contribution in [2.75, 3.05) is 6.61 Å². The van der Waals surface area contributed by atoms with Crippen LogP contribution in [0, 0.1) is 17.8 Å². The number of hydrogen-bond donors (Lipinski definition) is 3. The molecule has 1 aromatic rings. The van der Waals surface area contributed by atoms with Crippen LogP contribution in [-0.2, 0) is 29.7 Å². The molecule has 3 bridgehead atoms. The number of aliphatic hydroxyl groups is 3. The molecule has 11 atom stereocenters. The van der Waals surface area contributed by atoms with Gasteiger partial charge in [0, 0.05) is 17.4 Å². The van der Waals surface area contributed by atoms with Crippen LogP contribution in [0.5, 0.6) is 0 Å². The van der Waals surface area contributed by atoms with E-state index in [1.807, 2.05) is 44.2 Å². The van der Waals surface area contributed by atoms with Gasteiger partial charge in [-0.05, 0) is 37.3 Å². The molecule has 7 rings (SSSR count). The lowest BCUT2D eigenvalue weighted by Gasteiger charge is -2.59. The predicted molar refractivity (Wildman–Crippen MR) is 121 cm³/mol. The Morgan fingerprint density at radius 1 is 1.17 bits per heavy atom. The molecule has 3 aliphatic heterocycles. The monoisotopic (exact) mass is 482 g/mol. The summed E-state index contributed by atoms with van der Waals surface area (Å²) in [4.78, 5) is 13.5. The number of ketones is 1. The Morgan fingerprint density at radius 2 is 1.89 bits per heavy atom. The standard InChI is InChI=1S/C27H30O8/c1-13(2)23-11-15(4)26-17-10-14(3)19(29)25(17,31)22(30)24(12-28)21(32-24)18(26)20(23)33-27(34-23,35-26)16-8-6-5-7-9-16/h5-10,15,17-18,20-22,28,30-31H,1,11-12H2,2-4H3/t15?,17?,18?,20?,21-,22+,23+,24-,25+,26?,27-/m0/s1. The number of carbonyl (C=O) groups excluding carboxylic acids is 1. The first kappa shape index (κ1) is 22.3. The van der Waals surface area contributed by atoms with E-state index in [2.05, 4.69) is 6.58 Å². The van der Waals surface area contributed by atoms with Gasteiger partial charge in [-0.15, -0.1) is 0 Å². The zero-order valence-corrected chi connectivity index (χ0v) is 19.9. The molecule has 3 aliphatic carbocycles. The highest BCUT2D eigenvalue weighted by molar-refractivity contribution is 6.05. The number of hydrogen-bond acceptors (Lipinski definition) is 8. The first-order valence-electron chi connectivity index (χ1n) is 12.3. The third-order valence-electron chi connectivity index (χ3n) is 9.77. The van der Waals surface area contributed by atoms with Crippen molar-refractivity contribution >= 4 is 5.78 Å². The highest BCUT2D eigenvalue weighted by Gasteiger charge is 2.88. The van der Waals surface area contributed by atoms with Crippen LogP contribution < -0.4 is 0 Å². The Labute approximate surface area is 203 Å². The highest BCUT2D eigenvalue weighted by Crippen LogP contribution is 2.73. The van der Waals surface area contributed by atoms with Crippen LogP contribution >= 0.6 is 0 Å². The molecule has 8 heteroatoms.